The van der Waals surface area contributed by atoms with E-state index < -0.39 is 0 Å². The van der Waals surface area contributed by atoms with Gasteiger partial charge in [0.1, 0.15) is 0 Å². The smallest absolute Gasteiger partial charge is 0.0436 e. The van der Waals surface area contributed by atoms with E-state index in [0.717, 1.165) is 12.8 Å². The van der Waals surface area contributed by atoms with Crippen molar-refractivity contribution < 1.29 is 5.11 Å². The molecule has 0 radical (unpaired) electrons. The summed E-state index contributed by atoms with van der Waals surface area (Å²) in [7, 11) is 0. The number of aliphatic hydroxyl groups excluding tert-OH is 1. The van der Waals surface area contributed by atoms with Gasteiger partial charge in [-0.1, -0.05) is 49.4 Å². The Labute approximate surface area is 86.1 Å². The third-order valence-corrected chi connectivity index (χ3v) is 2.38. The zero-order chi connectivity index (χ0) is 10.2. The summed E-state index contributed by atoms with van der Waals surface area (Å²) in [5.41, 5.74) is 1.23. The Balaban J connectivity index is 2.53. The molecule has 0 fully saturated rings. The largest absolute Gasteiger partial charge is 0.396 e. The van der Waals surface area contributed by atoms with E-state index in [9.17, 15) is 0 Å². The van der Waals surface area contributed by atoms with Gasteiger partial charge in [0.2, 0.25) is 0 Å². The first kappa shape index (κ1) is 11.0. The molecule has 1 heteroatoms. The fraction of sp³-hybridized carbons (Fsp3) is 0.385. The number of benzene rings is 1. The van der Waals surface area contributed by atoms with Gasteiger partial charge in [-0.25, -0.2) is 0 Å². The summed E-state index contributed by atoms with van der Waals surface area (Å²) in [5, 5.41) is 8.83. The van der Waals surface area contributed by atoms with E-state index >= 15 is 0 Å². The molecule has 1 nitrogen and oxygen atoms in total. The number of aliphatic hydroxyl groups is 1. The average molecular weight is 190 g/mol. The molecular formula is C13H18O. The van der Waals surface area contributed by atoms with Gasteiger partial charge in [0.05, 0.1) is 0 Å². The Hall–Kier alpha value is -1.08. The third-order valence-electron chi connectivity index (χ3n) is 2.38. The summed E-state index contributed by atoms with van der Waals surface area (Å²) in [6, 6.07) is 10.3. The maximum Gasteiger partial charge on any atom is 0.0436 e. The molecule has 14 heavy (non-hydrogen) atoms. The van der Waals surface area contributed by atoms with Gasteiger partial charge in [-0.3, -0.25) is 0 Å². The van der Waals surface area contributed by atoms with Gasteiger partial charge in [0.15, 0.2) is 0 Å². The van der Waals surface area contributed by atoms with Gasteiger partial charge in [0, 0.05) is 6.61 Å². The number of rotatable bonds is 5. The Kier molecular flexibility index (Phi) is 5.02. The molecule has 0 saturated heterocycles. The van der Waals surface area contributed by atoms with E-state index in [1.807, 2.05) is 18.2 Å². The van der Waals surface area contributed by atoms with Crippen molar-refractivity contribution in [1.82, 2.24) is 0 Å². The van der Waals surface area contributed by atoms with Crippen LogP contribution in [0.25, 0.3) is 6.08 Å². The number of allylic oxidation sites excluding steroid dienone is 1. The highest BCUT2D eigenvalue weighted by molar-refractivity contribution is 5.48. The molecule has 1 rings (SSSR count). The van der Waals surface area contributed by atoms with E-state index in [2.05, 4.69) is 31.2 Å². The highest BCUT2D eigenvalue weighted by Gasteiger charge is 1.99. The van der Waals surface area contributed by atoms with E-state index in [1.165, 1.54) is 5.56 Å². The van der Waals surface area contributed by atoms with Crippen LogP contribution in [0.1, 0.15) is 25.3 Å². The van der Waals surface area contributed by atoms with Crippen LogP contribution in [0.5, 0.6) is 0 Å². The van der Waals surface area contributed by atoms with Crippen LogP contribution in [-0.2, 0) is 0 Å². The molecule has 0 bridgehead atoms. The van der Waals surface area contributed by atoms with Gasteiger partial charge in [-0.05, 0) is 24.3 Å². The molecule has 1 aromatic carbocycles. The maximum absolute atomic E-state index is 8.83. The first-order chi connectivity index (χ1) is 6.86. The van der Waals surface area contributed by atoms with Gasteiger partial charge in [-0.2, -0.15) is 0 Å². The molecule has 0 amide bonds. The lowest BCUT2D eigenvalue weighted by molar-refractivity contribution is 0.268. The van der Waals surface area contributed by atoms with E-state index in [-0.39, 0.29) is 6.61 Å². The molecule has 0 spiro atoms. The van der Waals surface area contributed by atoms with Crippen molar-refractivity contribution >= 4 is 6.08 Å². The minimum atomic E-state index is 0.275. The third kappa shape index (κ3) is 3.75. The second-order valence-electron chi connectivity index (χ2n) is 3.45. The Morgan fingerprint density at radius 2 is 2.00 bits per heavy atom. The monoisotopic (exact) mass is 190 g/mol. The standard InChI is InChI=1S/C13H18O/c1-2-12(10-11-14)8-9-13-6-4-3-5-7-13/h3-9,12,14H,2,10-11H2,1H3/b9-8+/t12-/m0/s1. The van der Waals surface area contributed by atoms with Crippen molar-refractivity contribution in [3.05, 3.63) is 42.0 Å². The van der Waals surface area contributed by atoms with Crippen LogP contribution in [0.3, 0.4) is 0 Å². The molecule has 0 aromatic heterocycles. The zero-order valence-electron chi connectivity index (χ0n) is 8.69. The molecule has 1 atom stereocenters. The topological polar surface area (TPSA) is 20.2 Å². The maximum atomic E-state index is 8.83. The van der Waals surface area contributed by atoms with Gasteiger partial charge < -0.3 is 5.11 Å². The summed E-state index contributed by atoms with van der Waals surface area (Å²) in [6.07, 6.45) is 6.26. The van der Waals surface area contributed by atoms with Crippen LogP contribution < -0.4 is 0 Å². The van der Waals surface area contributed by atoms with E-state index in [0.29, 0.717) is 5.92 Å². The zero-order valence-corrected chi connectivity index (χ0v) is 8.69. The second-order valence-corrected chi connectivity index (χ2v) is 3.45. The lowest BCUT2D eigenvalue weighted by Gasteiger charge is -2.06. The lowest BCUT2D eigenvalue weighted by atomic mass is 10.0. The van der Waals surface area contributed by atoms with Crippen molar-refractivity contribution in [1.29, 1.82) is 0 Å². The van der Waals surface area contributed by atoms with Crippen molar-refractivity contribution in [2.45, 2.75) is 19.8 Å². The molecule has 76 valence electrons. The van der Waals surface area contributed by atoms with Crippen LogP contribution in [0, 0.1) is 5.92 Å². The fourth-order valence-electron chi connectivity index (χ4n) is 1.41. The van der Waals surface area contributed by atoms with Crippen LogP contribution in [0.15, 0.2) is 36.4 Å². The Morgan fingerprint density at radius 3 is 2.57 bits per heavy atom. The summed E-state index contributed by atoms with van der Waals surface area (Å²) in [5.74, 6) is 0.500. The fourth-order valence-corrected chi connectivity index (χ4v) is 1.41. The molecule has 0 heterocycles. The summed E-state index contributed by atoms with van der Waals surface area (Å²) in [6.45, 7) is 2.42. The molecule has 0 saturated carbocycles. The molecule has 0 aliphatic heterocycles. The quantitative estimate of drug-likeness (QED) is 0.756. The molecule has 1 aromatic rings. The van der Waals surface area contributed by atoms with Crippen LogP contribution >= 0.6 is 0 Å². The summed E-state index contributed by atoms with van der Waals surface area (Å²) < 4.78 is 0. The second kappa shape index (κ2) is 6.39. The molecule has 0 aliphatic rings. The molecule has 0 unspecified atom stereocenters. The van der Waals surface area contributed by atoms with Gasteiger partial charge in [-0.15, -0.1) is 0 Å². The molecule has 1 N–H and O–H groups in total. The normalized spacial score (nSPS) is 13.3. The minimum Gasteiger partial charge on any atom is -0.396 e. The predicted octanol–water partition coefficient (Wildman–Crippen LogP) is 3.11. The van der Waals surface area contributed by atoms with Crippen molar-refractivity contribution in [2.24, 2.45) is 5.92 Å². The van der Waals surface area contributed by atoms with Crippen LogP contribution in [0.2, 0.25) is 0 Å². The summed E-state index contributed by atoms with van der Waals surface area (Å²) >= 11 is 0. The van der Waals surface area contributed by atoms with Gasteiger partial charge >= 0.3 is 0 Å². The summed E-state index contributed by atoms with van der Waals surface area (Å²) in [4.78, 5) is 0. The number of hydrogen-bond acceptors (Lipinski definition) is 1. The SMILES string of the molecule is CC[C@@H](/C=C/c1ccccc1)CCO. The van der Waals surface area contributed by atoms with Crippen molar-refractivity contribution in [2.75, 3.05) is 6.61 Å². The minimum absolute atomic E-state index is 0.275. The highest BCUT2D eigenvalue weighted by Crippen LogP contribution is 2.12. The Bertz CT molecular complexity index is 264. The molecule has 0 aliphatic carbocycles. The van der Waals surface area contributed by atoms with E-state index in [1.54, 1.807) is 0 Å². The van der Waals surface area contributed by atoms with Crippen LogP contribution in [0.4, 0.5) is 0 Å². The molecular weight excluding hydrogens is 172 g/mol. The number of hydrogen-bond donors (Lipinski definition) is 1. The Morgan fingerprint density at radius 1 is 1.29 bits per heavy atom. The van der Waals surface area contributed by atoms with E-state index in [4.69, 9.17) is 5.11 Å². The first-order valence-electron chi connectivity index (χ1n) is 5.21. The first-order valence-corrected chi connectivity index (χ1v) is 5.21. The van der Waals surface area contributed by atoms with Crippen molar-refractivity contribution in [3.8, 4) is 0 Å². The lowest BCUT2D eigenvalue weighted by Crippen LogP contribution is -1.97. The predicted molar refractivity (Wildman–Crippen MR) is 61.0 cm³/mol. The van der Waals surface area contributed by atoms with Crippen molar-refractivity contribution in [3.63, 3.8) is 0 Å². The van der Waals surface area contributed by atoms with Crippen LogP contribution in [-0.4, -0.2) is 11.7 Å². The highest BCUT2D eigenvalue weighted by atomic mass is 16.3. The average Bonchev–Trinajstić information content (AvgIpc) is 2.25. The van der Waals surface area contributed by atoms with Gasteiger partial charge in [0.25, 0.3) is 0 Å².